The van der Waals surface area contributed by atoms with Crippen molar-refractivity contribution >= 4 is 0 Å². The summed E-state index contributed by atoms with van der Waals surface area (Å²) in [6.45, 7) is 16.7. The standard InChI is InChI=1S/C18H34O6.C3H9N.2C2H6/c1-4-5-7-21-15-10-17(12-19-2)24-18(11-15)23-13-16-9-14(20-3)6-8-22-16;1-3(2)4;2*1-2/h14-18H,4-13H2,1-3H3;3H,4H2,1-2H3;2*1-2H3. The average molecular weight is 466 g/mol. The molecule has 2 heterocycles. The molecule has 0 radical (unpaired) electrons. The molecule has 0 aromatic carbocycles. The third-order valence-electron chi connectivity index (χ3n) is 4.65. The Bertz CT molecular complexity index is 370. The second kappa shape index (κ2) is 23.9. The Morgan fingerprint density at radius 1 is 0.906 bits per heavy atom. The zero-order valence-corrected chi connectivity index (χ0v) is 22.6. The van der Waals surface area contributed by atoms with Gasteiger partial charge in [0.05, 0.1) is 37.6 Å². The molecule has 0 amide bonds. The fourth-order valence-electron chi connectivity index (χ4n) is 3.25. The predicted octanol–water partition coefficient (Wildman–Crippen LogP) is 4.94. The lowest BCUT2D eigenvalue weighted by atomic mass is 10.0. The summed E-state index contributed by atoms with van der Waals surface area (Å²) < 4.78 is 34.4. The number of unbranched alkanes of at least 4 members (excludes halogenated alkanes) is 1. The first kappa shape index (κ1) is 33.9. The highest BCUT2D eigenvalue weighted by atomic mass is 16.7. The van der Waals surface area contributed by atoms with Crippen LogP contribution in [0.15, 0.2) is 0 Å². The molecular formula is C25H55NO6. The summed E-state index contributed by atoms with van der Waals surface area (Å²) in [6.07, 6.45) is 5.99. The number of hydrogen-bond acceptors (Lipinski definition) is 7. The lowest BCUT2D eigenvalue weighted by Crippen LogP contribution is -2.42. The number of hydrogen-bond donors (Lipinski definition) is 1. The topological polar surface area (TPSA) is 81.4 Å². The van der Waals surface area contributed by atoms with Gasteiger partial charge in [0, 0.05) is 46.7 Å². The van der Waals surface area contributed by atoms with Crippen molar-refractivity contribution in [3.8, 4) is 0 Å². The van der Waals surface area contributed by atoms with E-state index in [2.05, 4.69) is 6.92 Å². The zero-order chi connectivity index (χ0) is 24.8. The Labute approximate surface area is 199 Å². The van der Waals surface area contributed by atoms with Crippen LogP contribution in [0.4, 0.5) is 0 Å². The van der Waals surface area contributed by atoms with Gasteiger partial charge in [-0.2, -0.15) is 0 Å². The Balaban J connectivity index is 0. The molecule has 5 atom stereocenters. The lowest BCUT2D eigenvalue weighted by Gasteiger charge is -2.36. The van der Waals surface area contributed by atoms with Gasteiger partial charge in [-0.1, -0.05) is 54.9 Å². The van der Waals surface area contributed by atoms with E-state index in [4.69, 9.17) is 34.2 Å². The Kier molecular flexibility index (Phi) is 25.3. The Hall–Kier alpha value is -0.280. The molecule has 0 bridgehead atoms. The molecule has 2 rings (SSSR count). The van der Waals surface area contributed by atoms with E-state index in [1.54, 1.807) is 14.2 Å². The van der Waals surface area contributed by atoms with Gasteiger partial charge in [-0.25, -0.2) is 0 Å². The molecule has 0 aromatic heterocycles. The molecule has 2 aliphatic heterocycles. The van der Waals surface area contributed by atoms with E-state index in [0.29, 0.717) is 19.3 Å². The molecular weight excluding hydrogens is 410 g/mol. The molecule has 7 heteroatoms. The Morgan fingerprint density at radius 3 is 2.09 bits per heavy atom. The quantitative estimate of drug-likeness (QED) is 0.458. The van der Waals surface area contributed by atoms with Crippen LogP contribution >= 0.6 is 0 Å². The van der Waals surface area contributed by atoms with Crippen molar-refractivity contribution in [1.29, 1.82) is 0 Å². The van der Waals surface area contributed by atoms with Gasteiger partial charge < -0.3 is 34.2 Å². The van der Waals surface area contributed by atoms with Crippen LogP contribution in [0.3, 0.4) is 0 Å². The van der Waals surface area contributed by atoms with Crippen LogP contribution < -0.4 is 5.73 Å². The molecule has 0 aliphatic carbocycles. The molecule has 5 unspecified atom stereocenters. The van der Waals surface area contributed by atoms with Gasteiger partial charge in [-0.3, -0.25) is 0 Å². The number of nitrogens with two attached hydrogens (primary N) is 1. The Morgan fingerprint density at radius 2 is 1.53 bits per heavy atom. The van der Waals surface area contributed by atoms with E-state index in [9.17, 15) is 0 Å². The van der Waals surface area contributed by atoms with Gasteiger partial charge in [0.25, 0.3) is 0 Å². The van der Waals surface area contributed by atoms with Crippen LogP contribution in [0.5, 0.6) is 0 Å². The van der Waals surface area contributed by atoms with Gasteiger partial charge >= 0.3 is 0 Å². The van der Waals surface area contributed by atoms with Gasteiger partial charge in [0.1, 0.15) is 0 Å². The van der Waals surface area contributed by atoms with Gasteiger partial charge in [-0.15, -0.1) is 0 Å². The molecule has 2 aliphatic rings. The van der Waals surface area contributed by atoms with Gasteiger partial charge in [-0.05, 0) is 18.9 Å². The van der Waals surface area contributed by atoms with Crippen molar-refractivity contribution < 1.29 is 28.4 Å². The van der Waals surface area contributed by atoms with Gasteiger partial charge in [0.15, 0.2) is 6.29 Å². The minimum Gasteiger partial charge on any atom is -0.382 e. The SMILES string of the molecule is CC.CC.CC(C)N.CCCCOC1CC(COC)OC(OCC2CC(OC)CCO2)C1. The van der Waals surface area contributed by atoms with Crippen LogP contribution in [0.25, 0.3) is 0 Å². The molecule has 7 nitrogen and oxygen atoms in total. The normalized spacial score (nSPS) is 27.3. The summed E-state index contributed by atoms with van der Waals surface area (Å²) in [7, 11) is 3.45. The van der Waals surface area contributed by atoms with Crippen molar-refractivity contribution in [2.45, 2.75) is 124 Å². The van der Waals surface area contributed by atoms with Crippen LogP contribution in [-0.2, 0) is 28.4 Å². The highest BCUT2D eigenvalue weighted by Crippen LogP contribution is 2.25. The van der Waals surface area contributed by atoms with E-state index in [1.165, 1.54) is 0 Å². The smallest absolute Gasteiger partial charge is 0.160 e. The van der Waals surface area contributed by atoms with E-state index in [-0.39, 0.29) is 30.7 Å². The molecule has 2 fully saturated rings. The maximum atomic E-state index is 5.99. The van der Waals surface area contributed by atoms with Crippen LogP contribution in [0.1, 0.15) is 87.0 Å². The molecule has 2 N–H and O–H groups in total. The van der Waals surface area contributed by atoms with Crippen molar-refractivity contribution in [2.75, 3.05) is 40.6 Å². The van der Waals surface area contributed by atoms with E-state index in [1.807, 2.05) is 41.5 Å². The first-order chi connectivity index (χ1) is 15.5. The third-order valence-corrected chi connectivity index (χ3v) is 4.65. The van der Waals surface area contributed by atoms with Crippen LogP contribution in [0, 0.1) is 0 Å². The first-order valence-corrected chi connectivity index (χ1v) is 12.8. The van der Waals surface area contributed by atoms with Gasteiger partial charge in [0.2, 0.25) is 0 Å². The molecule has 2 saturated heterocycles. The summed E-state index contributed by atoms with van der Waals surface area (Å²) in [4.78, 5) is 0. The molecule has 0 aromatic rings. The van der Waals surface area contributed by atoms with E-state index in [0.717, 1.165) is 51.7 Å². The number of rotatable bonds is 10. The fourth-order valence-corrected chi connectivity index (χ4v) is 3.25. The zero-order valence-electron chi connectivity index (χ0n) is 22.6. The van der Waals surface area contributed by atoms with Crippen molar-refractivity contribution in [1.82, 2.24) is 0 Å². The lowest BCUT2D eigenvalue weighted by molar-refractivity contribution is -0.240. The second-order valence-corrected chi connectivity index (χ2v) is 7.91. The van der Waals surface area contributed by atoms with Crippen molar-refractivity contribution in [3.05, 3.63) is 0 Å². The minimum absolute atomic E-state index is 0.0272. The number of methoxy groups -OCH3 is 2. The largest absolute Gasteiger partial charge is 0.382 e. The summed E-state index contributed by atoms with van der Waals surface area (Å²) >= 11 is 0. The molecule has 0 saturated carbocycles. The molecule has 196 valence electrons. The predicted molar refractivity (Wildman–Crippen MR) is 132 cm³/mol. The monoisotopic (exact) mass is 465 g/mol. The average Bonchev–Trinajstić information content (AvgIpc) is 2.80. The highest BCUT2D eigenvalue weighted by molar-refractivity contribution is 4.76. The fraction of sp³-hybridized carbons (Fsp3) is 1.00. The van der Waals surface area contributed by atoms with Crippen LogP contribution in [-0.4, -0.2) is 77.4 Å². The summed E-state index contributed by atoms with van der Waals surface area (Å²) in [5.74, 6) is 0. The van der Waals surface area contributed by atoms with Crippen LogP contribution in [0.2, 0.25) is 0 Å². The first-order valence-electron chi connectivity index (χ1n) is 12.8. The maximum absolute atomic E-state index is 5.99. The van der Waals surface area contributed by atoms with E-state index >= 15 is 0 Å². The summed E-state index contributed by atoms with van der Waals surface area (Å²) in [5.41, 5.74) is 5.11. The molecule has 32 heavy (non-hydrogen) atoms. The van der Waals surface area contributed by atoms with Crippen molar-refractivity contribution in [2.24, 2.45) is 5.73 Å². The van der Waals surface area contributed by atoms with E-state index < -0.39 is 0 Å². The molecule has 0 spiro atoms. The summed E-state index contributed by atoms with van der Waals surface area (Å²) in [6, 6.07) is 0.333. The third kappa shape index (κ3) is 18.2. The van der Waals surface area contributed by atoms with Crippen molar-refractivity contribution in [3.63, 3.8) is 0 Å². The second-order valence-electron chi connectivity index (χ2n) is 7.91. The highest BCUT2D eigenvalue weighted by Gasteiger charge is 2.32. The maximum Gasteiger partial charge on any atom is 0.160 e. The summed E-state index contributed by atoms with van der Waals surface area (Å²) in [5, 5.41) is 0. The minimum atomic E-state index is -0.253. The number of ether oxygens (including phenoxy) is 6.